The second-order valence-corrected chi connectivity index (χ2v) is 5.03. The average molecular weight is 258 g/mol. The van der Waals surface area contributed by atoms with E-state index in [0.717, 1.165) is 11.1 Å². The molecule has 0 N–H and O–H groups in total. The predicted molar refractivity (Wildman–Crippen MR) is 73.4 cm³/mol. The van der Waals surface area contributed by atoms with Crippen LogP contribution in [0, 0.1) is 6.92 Å². The van der Waals surface area contributed by atoms with Gasteiger partial charge in [-0.1, -0.05) is 19.9 Å². The number of hydrogen-bond donors (Lipinski definition) is 0. The van der Waals surface area contributed by atoms with Crippen molar-refractivity contribution in [3.63, 3.8) is 0 Å². The summed E-state index contributed by atoms with van der Waals surface area (Å²) in [6.07, 6.45) is 3.14. The van der Waals surface area contributed by atoms with Crippen molar-refractivity contribution in [2.75, 3.05) is 0 Å². The zero-order valence-corrected chi connectivity index (χ0v) is 11.7. The number of ether oxygens (including phenoxy) is 1. The Balaban J connectivity index is 2.21. The third-order valence-corrected chi connectivity index (χ3v) is 2.89. The highest BCUT2D eigenvalue weighted by molar-refractivity contribution is 5.90. The lowest BCUT2D eigenvalue weighted by Crippen LogP contribution is -2.08. The topological polar surface area (TPSA) is 44.1 Å². The zero-order valence-electron chi connectivity index (χ0n) is 11.7. The summed E-state index contributed by atoms with van der Waals surface area (Å²) in [6, 6.07) is 5.87. The van der Waals surface area contributed by atoms with E-state index in [2.05, 4.69) is 25.0 Å². The zero-order chi connectivity index (χ0) is 14.0. The molecule has 4 heteroatoms. The molecule has 0 aliphatic carbocycles. The van der Waals surface area contributed by atoms with E-state index in [1.807, 2.05) is 19.1 Å². The molecule has 0 unspecified atom stereocenters. The Hall–Kier alpha value is -2.10. The van der Waals surface area contributed by atoms with Gasteiger partial charge >= 0.3 is 5.97 Å². The van der Waals surface area contributed by atoms with Crippen LogP contribution in [0.1, 0.15) is 41.3 Å². The van der Waals surface area contributed by atoms with Crippen LogP contribution < -0.4 is 4.74 Å². The summed E-state index contributed by atoms with van der Waals surface area (Å²) in [5, 5.41) is 3.96. The molecule has 0 aliphatic rings. The standard InChI is InChI=1S/C15H18N2O2/c1-10(2)12-5-11(3)6-14(7-12)19-15(18)13-8-16-17(4)9-13/h5-10H,1-4H3. The van der Waals surface area contributed by atoms with Crippen LogP contribution in [0.5, 0.6) is 5.75 Å². The molecule has 0 atom stereocenters. The molecule has 1 heterocycles. The molecule has 1 aromatic carbocycles. The smallest absolute Gasteiger partial charge is 0.346 e. The highest BCUT2D eigenvalue weighted by atomic mass is 16.5. The summed E-state index contributed by atoms with van der Waals surface area (Å²) < 4.78 is 6.97. The Labute approximate surface area is 113 Å². The Kier molecular flexibility index (Phi) is 3.69. The van der Waals surface area contributed by atoms with Gasteiger partial charge in [0.05, 0.1) is 11.8 Å². The first-order valence-corrected chi connectivity index (χ1v) is 6.28. The van der Waals surface area contributed by atoms with Crippen molar-refractivity contribution in [1.82, 2.24) is 9.78 Å². The van der Waals surface area contributed by atoms with Crippen molar-refractivity contribution in [1.29, 1.82) is 0 Å². The van der Waals surface area contributed by atoms with Crippen molar-refractivity contribution >= 4 is 5.97 Å². The molecule has 0 spiro atoms. The van der Waals surface area contributed by atoms with E-state index in [1.54, 1.807) is 17.9 Å². The number of aromatic nitrogens is 2. The number of rotatable bonds is 3. The number of hydrogen-bond acceptors (Lipinski definition) is 3. The van der Waals surface area contributed by atoms with Crippen molar-refractivity contribution in [2.24, 2.45) is 7.05 Å². The highest BCUT2D eigenvalue weighted by Gasteiger charge is 2.12. The molecule has 1 aromatic heterocycles. The molecule has 0 saturated heterocycles. The van der Waals surface area contributed by atoms with E-state index in [-0.39, 0.29) is 5.97 Å². The van der Waals surface area contributed by atoms with Crippen LogP contribution >= 0.6 is 0 Å². The molecule has 2 rings (SSSR count). The summed E-state index contributed by atoms with van der Waals surface area (Å²) >= 11 is 0. The van der Waals surface area contributed by atoms with Crippen LogP contribution in [-0.4, -0.2) is 15.7 Å². The highest BCUT2D eigenvalue weighted by Crippen LogP contribution is 2.23. The maximum atomic E-state index is 11.9. The minimum atomic E-state index is -0.381. The van der Waals surface area contributed by atoms with Gasteiger partial charge in [0.1, 0.15) is 5.75 Å². The van der Waals surface area contributed by atoms with Crippen molar-refractivity contribution in [3.8, 4) is 5.75 Å². The van der Waals surface area contributed by atoms with Gasteiger partial charge in [-0.2, -0.15) is 5.10 Å². The third kappa shape index (κ3) is 3.22. The molecule has 0 saturated carbocycles. The number of benzene rings is 1. The lowest BCUT2D eigenvalue weighted by molar-refractivity contribution is 0.0734. The number of esters is 1. The Morgan fingerprint density at radius 3 is 2.63 bits per heavy atom. The second kappa shape index (κ2) is 5.26. The molecular weight excluding hydrogens is 240 g/mol. The summed E-state index contributed by atoms with van der Waals surface area (Å²) in [6.45, 7) is 6.22. The molecule has 0 bridgehead atoms. The van der Waals surface area contributed by atoms with Gasteiger partial charge < -0.3 is 4.74 Å². The van der Waals surface area contributed by atoms with Crippen molar-refractivity contribution in [3.05, 3.63) is 47.3 Å². The normalized spacial score (nSPS) is 10.8. The fourth-order valence-corrected chi connectivity index (χ4v) is 1.86. The van der Waals surface area contributed by atoms with E-state index in [0.29, 0.717) is 17.2 Å². The summed E-state index contributed by atoms with van der Waals surface area (Å²) in [5.41, 5.74) is 2.70. The fraction of sp³-hybridized carbons (Fsp3) is 0.333. The monoisotopic (exact) mass is 258 g/mol. The number of nitrogens with zero attached hydrogens (tertiary/aromatic N) is 2. The quantitative estimate of drug-likeness (QED) is 0.627. The molecule has 0 fully saturated rings. The van der Waals surface area contributed by atoms with Gasteiger partial charge in [-0.05, 0) is 36.1 Å². The fourth-order valence-electron chi connectivity index (χ4n) is 1.86. The van der Waals surface area contributed by atoms with Gasteiger partial charge in [-0.3, -0.25) is 4.68 Å². The van der Waals surface area contributed by atoms with E-state index >= 15 is 0 Å². The first kappa shape index (κ1) is 13.3. The Morgan fingerprint density at radius 1 is 1.32 bits per heavy atom. The second-order valence-electron chi connectivity index (χ2n) is 5.03. The van der Waals surface area contributed by atoms with E-state index in [9.17, 15) is 4.79 Å². The van der Waals surface area contributed by atoms with Gasteiger partial charge in [0, 0.05) is 13.2 Å². The van der Waals surface area contributed by atoms with Gasteiger partial charge in [0.25, 0.3) is 0 Å². The number of carbonyl (C=O) groups excluding carboxylic acids is 1. The van der Waals surface area contributed by atoms with Gasteiger partial charge in [0.2, 0.25) is 0 Å². The minimum Gasteiger partial charge on any atom is -0.423 e. The van der Waals surface area contributed by atoms with Gasteiger partial charge in [-0.25, -0.2) is 4.79 Å². The lowest BCUT2D eigenvalue weighted by Gasteiger charge is -2.10. The molecule has 100 valence electrons. The maximum absolute atomic E-state index is 11.9. The molecule has 0 amide bonds. The molecule has 4 nitrogen and oxygen atoms in total. The minimum absolute atomic E-state index is 0.381. The largest absolute Gasteiger partial charge is 0.423 e. The van der Waals surface area contributed by atoms with Crippen molar-refractivity contribution < 1.29 is 9.53 Å². The summed E-state index contributed by atoms with van der Waals surface area (Å²) in [4.78, 5) is 11.9. The number of aryl methyl sites for hydroxylation is 2. The third-order valence-electron chi connectivity index (χ3n) is 2.89. The Bertz CT molecular complexity index is 600. The van der Waals surface area contributed by atoms with Crippen LogP contribution in [0.3, 0.4) is 0 Å². The van der Waals surface area contributed by atoms with Crippen molar-refractivity contribution in [2.45, 2.75) is 26.7 Å². The first-order valence-electron chi connectivity index (χ1n) is 6.28. The van der Waals surface area contributed by atoms with Crippen LogP contribution in [0.15, 0.2) is 30.6 Å². The maximum Gasteiger partial charge on any atom is 0.346 e. The SMILES string of the molecule is Cc1cc(OC(=O)c2cnn(C)c2)cc(C(C)C)c1. The average Bonchev–Trinajstić information content (AvgIpc) is 2.75. The van der Waals surface area contributed by atoms with Gasteiger partial charge in [-0.15, -0.1) is 0 Å². The Morgan fingerprint density at radius 2 is 2.05 bits per heavy atom. The van der Waals surface area contributed by atoms with Crippen LogP contribution in [0.4, 0.5) is 0 Å². The van der Waals surface area contributed by atoms with Gasteiger partial charge in [0.15, 0.2) is 0 Å². The van der Waals surface area contributed by atoms with E-state index < -0.39 is 0 Å². The molecular formula is C15H18N2O2. The predicted octanol–water partition coefficient (Wildman–Crippen LogP) is 3.07. The van der Waals surface area contributed by atoms with Crippen LogP contribution in [0.2, 0.25) is 0 Å². The first-order chi connectivity index (χ1) is 8.95. The molecule has 0 aliphatic heterocycles. The number of carbonyl (C=O) groups is 1. The van der Waals surface area contributed by atoms with Crippen LogP contribution in [-0.2, 0) is 7.05 Å². The summed E-state index contributed by atoms with van der Waals surface area (Å²) in [5.74, 6) is 0.599. The van der Waals surface area contributed by atoms with Crippen LogP contribution in [0.25, 0.3) is 0 Å². The van der Waals surface area contributed by atoms with E-state index in [4.69, 9.17) is 4.74 Å². The molecule has 19 heavy (non-hydrogen) atoms. The summed E-state index contributed by atoms with van der Waals surface area (Å²) in [7, 11) is 1.76. The van der Waals surface area contributed by atoms with E-state index in [1.165, 1.54) is 6.20 Å². The lowest BCUT2D eigenvalue weighted by atomic mass is 10.0. The molecule has 0 radical (unpaired) electrons. The molecule has 2 aromatic rings.